The van der Waals surface area contributed by atoms with Crippen molar-refractivity contribution >= 4 is 0 Å². The molecular weight excluding hydrogens is 516 g/mol. The molecule has 41 heavy (non-hydrogen) atoms. The fourth-order valence-electron chi connectivity index (χ4n) is 6.30. The van der Waals surface area contributed by atoms with Crippen molar-refractivity contribution in [3.05, 3.63) is 140 Å². The largest absolute Gasteiger partial charge is 0.379 e. The van der Waals surface area contributed by atoms with Crippen LogP contribution in [0.1, 0.15) is 28.5 Å². The fourth-order valence-corrected chi connectivity index (χ4v) is 6.30. The molecule has 8 heteroatoms. The summed E-state index contributed by atoms with van der Waals surface area (Å²) in [6.45, 7) is 6.56. The van der Waals surface area contributed by atoms with E-state index in [1.807, 2.05) is 18.2 Å². The molecule has 1 N–H and O–H groups in total. The molecule has 1 aromatic heterocycles. The Morgan fingerprint density at radius 1 is 0.805 bits per heavy atom. The quantitative estimate of drug-likeness (QED) is 0.354. The van der Waals surface area contributed by atoms with Gasteiger partial charge in [0.15, 0.2) is 6.23 Å². The number of morpholine rings is 2. The molecule has 0 saturated carbocycles. The first-order chi connectivity index (χ1) is 20.1. The fraction of sp³-hybridized carbons (Fsp3) is 0.333. The summed E-state index contributed by atoms with van der Waals surface area (Å²) in [6, 6.07) is 31.7. The summed E-state index contributed by atoms with van der Waals surface area (Å²) in [5.74, 6) is 0. The van der Waals surface area contributed by atoms with Gasteiger partial charge in [0, 0.05) is 44.5 Å². The minimum atomic E-state index is -0.657. The molecule has 6 rings (SSSR count). The zero-order valence-corrected chi connectivity index (χ0v) is 23.3. The summed E-state index contributed by atoms with van der Waals surface area (Å²) in [4.78, 5) is 32.7. The van der Waals surface area contributed by atoms with E-state index in [-0.39, 0.29) is 11.7 Å². The third kappa shape index (κ3) is 5.44. The Balaban J connectivity index is 1.53. The van der Waals surface area contributed by atoms with Crippen molar-refractivity contribution in [1.29, 1.82) is 0 Å². The Bertz CT molecular complexity index is 1450. The number of aromatic nitrogens is 2. The standard InChI is InChI=1S/C33H36N4O4/c1-25-21-37(32(39)34-31(25)38)30-24-36(23-29(41-30)22-35-17-19-40-20-18-35)33(26-11-5-2-6-12-26,27-13-7-3-8-14-27)28-15-9-4-10-16-28/h2-16,21,29-30H,17-20,22-24H2,1H3,(H,34,38,39)/t29-,30+/m0/s1. The number of benzene rings is 3. The van der Waals surface area contributed by atoms with E-state index in [1.165, 1.54) is 0 Å². The Labute approximate surface area is 239 Å². The van der Waals surface area contributed by atoms with Gasteiger partial charge in [-0.15, -0.1) is 0 Å². The molecule has 0 unspecified atom stereocenters. The molecule has 2 saturated heterocycles. The second-order valence-electron chi connectivity index (χ2n) is 10.8. The second-order valence-corrected chi connectivity index (χ2v) is 10.8. The topological polar surface area (TPSA) is 79.8 Å². The van der Waals surface area contributed by atoms with E-state index in [4.69, 9.17) is 9.47 Å². The molecule has 0 bridgehead atoms. The van der Waals surface area contributed by atoms with Crippen molar-refractivity contribution in [3.63, 3.8) is 0 Å². The van der Waals surface area contributed by atoms with Crippen LogP contribution in [-0.2, 0) is 15.0 Å². The van der Waals surface area contributed by atoms with E-state index in [2.05, 4.69) is 87.6 Å². The van der Waals surface area contributed by atoms with Crippen molar-refractivity contribution in [2.24, 2.45) is 0 Å². The van der Waals surface area contributed by atoms with E-state index in [0.717, 1.165) is 29.8 Å². The molecular formula is C33H36N4O4. The highest BCUT2D eigenvalue weighted by Crippen LogP contribution is 2.44. The van der Waals surface area contributed by atoms with Crippen molar-refractivity contribution in [2.75, 3.05) is 45.9 Å². The van der Waals surface area contributed by atoms with Crippen molar-refractivity contribution in [3.8, 4) is 0 Å². The smallest absolute Gasteiger partial charge is 0.330 e. The van der Waals surface area contributed by atoms with E-state index in [0.29, 0.717) is 38.4 Å². The van der Waals surface area contributed by atoms with Gasteiger partial charge in [0.2, 0.25) is 0 Å². The summed E-state index contributed by atoms with van der Waals surface area (Å²) in [5.41, 5.74) is 2.36. The molecule has 3 heterocycles. The maximum Gasteiger partial charge on any atom is 0.330 e. The second kappa shape index (κ2) is 12.0. The molecule has 0 radical (unpaired) electrons. The number of nitrogens with zero attached hydrogens (tertiary/aromatic N) is 3. The van der Waals surface area contributed by atoms with E-state index >= 15 is 0 Å². The van der Waals surface area contributed by atoms with Crippen LogP contribution in [-0.4, -0.2) is 71.4 Å². The highest BCUT2D eigenvalue weighted by Gasteiger charge is 2.46. The lowest BCUT2D eigenvalue weighted by Gasteiger charge is -2.51. The maximum atomic E-state index is 13.1. The van der Waals surface area contributed by atoms with Gasteiger partial charge in [0.1, 0.15) is 0 Å². The van der Waals surface area contributed by atoms with Gasteiger partial charge in [0.25, 0.3) is 5.56 Å². The summed E-state index contributed by atoms with van der Waals surface area (Å²) < 4.78 is 13.8. The van der Waals surface area contributed by atoms with Crippen LogP contribution in [0.4, 0.5) is 0 Å². The van der Waals surface area contributed by atoms with Crippen LogP contribution in [0, 0.1) is 6.92 Å². The molecule has 8 nitrogen and oxygen atoms in total. The molecule has 3 aromatic carbocycles. The van der Waals surface area contributed by atoms with Crippen molar-refractivity contribution in [2.45, 2.75) is 24.8 Å². The SMILES string of the molecule is Cc1cn([C@H]2CN(C(c3ccccc3)(c3ccccc3)c3ccccc3)C[C@H](CN3CCOCC3)O2)c(=O)[nH]c1=O. The average Bonchev–Trinajstić information content (AvgIpc) is 3.01. The summed E-state index contributed by atoms with van der Waals surface area (Å²) in [5, 5.41) is 0. The Morgan fingerprint density at radius 3 is 1.88 bits per heavy atom. The van der Waals surface area contributed by atoms with E-state index < -0.39 is 17.5 Å². The number of hydrogen-bond donors (Lipinski definition) is 1. The minimum Gasteiger partial charge on any atom is -0.379 e. The van der Waals surface area contributed by atoms with Gasteiger partial charge in [-0.3, -0.25) is 24.1 Å². The first kappa shape index (κ1) is 27.4. The summed E-state index contributed by atoms with van der Waals surface area (Å²) in [6.07, 6.45) is 0.825. The van der Waals surface area contributed by atoms with Crippen molar-refractivity contribution in [1.82, 2.24) is 19.4 Å². The zero-order chi connectivity index (χ0) is 28.2. The molecule has 0 spiro atoms. The van der Waals surface area contributed by atoms with Crippen molar-refractivity contribution < 1.29 is 9.47 Å². The number of aryl methyl sites for hydroxylation is 1. The summed E-state index contributed by atoms with van der Waals surface area (Å²) >= 11 is 0. The molecule has 4 aromatic rings. The number of rotatable bonds is 7. The number of hydrogen-bond acceptors (Lipinski definition) is 6. The number of aromatic amines is 1. The molecule has 0 aliphatic carbocycles. The maximum absolute atomic E-state index is 13.1. The monoisotopic (exact) mass is 552 g/mol. The molecule has 2 fully saturated rings. The van der Waals surface area contributed by atoms with Crippen LogP contribution >= 0.6 is 0 Å². The lowest BCUT2D eigenvalue weighted by molar-refractivity contribution is -0.148. The van der Waals surface area contributed by atoms with Gasteiger partial charge < -0.3 is 9.47 Å². The third-order valence-corrected chi connectivity index (χ3v) is 8.22. The Hall–Kier alpha value is -3.82. The lowest BCUT2D eigenvalue weighted by atomic mass is 9.75. The van der Waals surface area contributed by atoms with Crippen LogP contribution < -0.4 is 11.2 Å². The van der Waals surface area contributed by atoms with Gasteiger partial charge in [-0.25, -0.2) is 4.79 Å². The van der Waals surface area contributed by atoms with Gasteiger partial charge in [-0.1, -0.05) is 91.0 Å². The van der Waals surface area contributed by atoms with Crippen LogP contribution in [0.15, 0.2) is 107 Å². The number of nitrogens with one attached hydrogen (secondary N) is 1. The minimum absolute atomic E-state index is 0.193. The van der Waals surface area contributed by atoms with Gasteiger partial charge in [-0.2, -0.15) is 0 Å². The lowest BCUT2D eigenvalue weighted by Crippen LogP contribution is -2.59. The molecule has 0 amide bonds. The highest BCUT2D eigenvalue weighted by atomic mass is 16.5. The molecule has 212 valence electrons. The molecule has 2 atom stereocenters. The van der Waals surface area contributed by atoms with Crippen LogP contribution in [0.5, 0.6) is 0 Å². The first-order valence-electron chi connectivity index (χ1n) is 14.2. The predicted octanol–water partition coefficient (Wildman–Crippen LogP) is 3.37. The van der Waals surface area contributed by atoms with Crippen LogP contribution in [0.2, 0.25) is 0 Å². The Kier molecular flexibility index (Phi) is 7.98. The summed E-state index contributed by atoms with van der Waals surface area (Å²) in [7, 11) is 0. The van der Waals surface area contributed by atoms with E-state index in [9.17, 15) is 9.59 Å². The normalized spacial score (nSPS) is 20.6. The van der Waals surface area contributed by atoms with Gasteiger partial charge >= 0.3 is 5.69 Å². The highest BCUT2D eigenvalue weighted by molar-refractivity contribution is 5.49. The number of ether oxygens (including phenoxy) is 2. The first-order valence-corrected chi connectivity index (χ1v) is 14.2. The average molecular weight is 553 g/mol. The molecule has 2 aliphatic heterocycles. The zero-order valence-electron chi connectivity index (χ0n) is 23.3. The van der Waals surface area contributed by atoms with Gasteiger partial charge in [0.05, 0.1) is 24.9 Å². The predicted molar refractivity (Wildman–Crippen MR) is 158 cm³/mol. The van der Waals surface area contributed by atoms with Gasteiger partial charge in [-0.05, 0) is 23.6 Å². The Morgan fingerprint density at radius 2 is 1.34 bits per heavy atom. The third-order valence-electron chi connectivity index (χ3n) is 8.22. The van der Waals surface area contributed by atoms with Crippen LogP contribution in [0.3, 0.4) is 0 Å². The molecule has 2 aliphatic rings. The van der Waals surface area contributed by atoms with Crippen LogP contribution in [0.25, 0.3) is 0 Å². The number of H-pyrrole nitrogens is 1. The van der Waals surface area contributed by atoms with E-state index in [1.54, 1.807) is 17.7 Å².